The second kappa shape index (κ2) is 6.58. The van der Waals surface area contributed by atoms with E-state index >= 15 is 0 Å². The monoisotopic (exact) mass is 361 g/mol. The van der Waals surface area contributed by atoms with E-state index in [-0.39, 0.29) is 28.4 Å². The van der Waals surface area contributed by atoms with Crippen molar-refractivity contribution < 1.29 is 17.6 Å². The van der Waals surface area contributed by atoms with Crippen LogP contribution in [0.15, 0.2) is 34.8 Å². The number of nitrogens with two attached hydrogens (primary N) is 1. The Morgan fingerprint density at radius 3 is 2.33 bits per heavy atom. The van der Waals surface area contributed by atoms with Crippen LogP contribution in [-0.4, -0.2) is 6.04 Å². The van der Waals surface area contributed by atoms with E-state index in [1.54, 1.807) is 0 Å². The van der Waals surface area contributed by atoms with Crippen molar-refractivity contribution >= 4 is 15.9 Å². The first-order valence-electron chi connectivity index (χ1n) is 6.21. The van der Waals surface area contributed by atoms with Gasteiger partial charge in [0.15, 0.2) is 11.6 Å². The van der Waals surface area contributed by atoms with E-state index in [9.17, 15) is 17.6 Å². The van der Waals surface area contributed by atoms with Crippen LogP contribution >= 0.6 is 15.9 Å². The van der Waals surface area contributed by atoms with Gasteiger partial charge in [-0.2, -0.15) is 0 Å². The highest BCUT2D eigenvalue weighted by Crippen LogP contribution is 2.23. The van der Waals surface area contributed by atoms with Crippen molar-refractivity contribution in [2.75, 3.05) is 0 Å². The second-order valence-corrected chi connectivity index (χ2v) is 5.56. The number of benzene rings is 2. The highest BCUT2D eigenvalue weighted by molar-refractivity contribution is 9.10. The molecule has 1 nitrogen and oxygen atoms in total. The Balaban J connectivity index is 2.18. The minimum Gasteiger partial charge on any atom is -0.327 e. The summed E-state index contributed by atoms with van der Waals surface area (Å²) in [6, 6.07) is 5.40. The standard InChI is InChI=1S/C15H12BrF4N/c16-11-4-5-12(17)10(15(11)20)7-9(21)6-8-2-1-3-13(18)14(8)19/h1-5,9H,6-7,21H2. The molecule has 21 heavy (non-hydrogen) atoms. The van der Waals surface area contributed by atoms with E-state index in [2.05, 4.69) is 15.9 Å². The van der Waals surface area contributed by atoms with Crippen molar-refractivity contribution in [1.29, 1.82) is 0 Å². The summed E-state index contributed by atoms with van der Waals surface area (Å²) in [4.78, 5) is 0. The molecule has 0 spiro atoms. The molecule has 2 N–H and O–H groups in total. The first-order valence-corrected chi connectivity index (χ1v) is 7.00. The summed E-state index contributed by atoms with van der Waals surface area (Å²) in [6.07, 6.45) is -0.137. The molecular weight excluding hydrogens is 350 g/mol. The van der Waals surface area contributed by atoms with E-state index in [4.69, 9.17) is 5.73 Å². The molecule has 6 heteroatoms. The lowest BCUT2D eigenvalue weighted by atomic mass is 9.98. The van der Waals surface area contributed by atoms with Gasteiger partial charge in [0, 0.05) is 11.6 Å². The van der Waals surface area contributed by atoms with E-state index in [0.717, 1.165) is 12.1 Å². The first-order chi connectivity index (χ1) is 9.90. The smallest absolute Gasteiger partial charge is 0.162 e. The summed E-state index contributed by atoms with van der Waals surface area (Å²) in [7, 11) is 0. The quantitative estimate of drug-likeness (QED) is 0.643. The molecule has 2 aromatic carbocycles. The van der Waals surface area contributed by atoms with Crippen molar-refractivity contribution in [3.8, 4) is 0 Å². The molecule has 0 radical (unpaired) electrons. The van der Waals surface area contributed by atoms with Crippen LogP contribution in [0.3, 0.4) is 0 Å². The van der Waals surface area contributed by atoms with Crippen molar-refractivity contribution in [3.05, 3.63) is 69.2 Å². The third-order valence-electron chi connectivity index (χ3n) is 3.12. The van der Waals surface area contributed by atoms with Gasteiger partial charge in [0.25, 0.3) is 0 Å². The molecule has 0 aliphatic carbocycles. The number of hydrogen-bond donors (Lipinski definition) is 1. The van der Waals surface area contributed by atoms with Crippen molar-refractivity contribution in [3.63, 3.8) is 0 Å². The Morgan fingerprint density at radius 2 is 1.62 bits per heavy atom. The predicted octanol–water partition coefficient (Wildman–Crippen LogP) is 4.12. The van der Waals surface area contributed by atoms with Crippen molar-refractivity contribution in [2.45, 2.75) is 18.9 Å². The average molecular weight is 362 g/mol. The second-order valence-electron chi connectivity index (χ2n) is 4.70. The molecule has 0 amide bonds. The van der Waals surface area contributed by atoms with Gasteiger partial charge < -0.3 is 5.73 Å². The molecule has 0 bridgehead atoms. The van der Waals surface area contributed by atoms with Crippen LogP contribution in [0, 0.1) is 23.3 Å². The van der Waals surface area contributed by atoms with E-state index in [1.165, 1.54) is 18.2 Å². The first kappa shape index (κ1) is 16.0. The van der Waals surface area contributed by atoms with E-state index < -0.39 is 29.3 Å². The van der Waals surface area contributed by atoms with Crippen LogP contribution in [0.4, 0.5) is 17.6 Å². The normalized spacial score (nSPS) is 12.5. The minimum atomic E-state index is -0.983. The van der Waals surface area contributed by atoms with Gasteiger partial charge in [0.1, 0.15) is 11.6 Å². The molecule has 1 unspecified atom stereocenters. The Morgan fingerprint density at radius 1 is 0.905 bits per heavy atom. The zero-order chi connectivity index (χ0) is 15.6. The van der Waals surface area contributed by atoms with Gasteiger partial charge in [0.05, 0.1) is 4.47 Å². The fourth-order valence-electron chi connectivity index (χ4n) is 2.08. The van der Waals surface area contributed by atoms with Crippen LogP contribution in [0.25, 0.3) is 0 Å². The zero-order valence-electron chi connectivity index (χ0n) is 10.8. The SMILES string of the molecule is NC(Cc1cccc(F)c1F)Cc1c(F)ccc(Br)c1F. The molecule has 112 valence electrons. The number of hydrogen-bond acceptors (Lipinski definition) is 1. The molecule has 2 rings (SSSR count). The summed E-state index contributed by atoms with van der Waals surface area (Å²) < 4.78 is 54.2. The molecule has 1 atom stereocenters. The zero-order valence-corrected chi connectivity index (χ0v) is 12.4. The predicted molar refractivity (Wildman–Crippen MR) is 75.8 cm³/mol. The highest BCUT2D eigenvalue weighted by Gasteiger charge is 2.17. The maximum atomic E-state index is 13.8. The Bertz CT molecular complexity index is 660. The third kappa shape index (κ3) is 3.63. The van der Waals surface area contributed by atoms with E-state index in [1.807, 2.05) is 0 Å². The van der Waals surface area contributed by atoms with Gasteiger partial charge in [-0.1, -0.05) is 12.1 Å². The van der Waals surface area contributed by atoms with Crippen LogP contribution in [0.2, 0.25) is 0 Å². The van der Waals surface area contributed by atoms with Crippen molar-refractivity contribution in [1.82, 2.24) is 0 Å². The van der Waals surface area contributed by atoms with Gasteiger partial charge in [-0.25, -0.2) is 17.6 Å². The molecule has 0 fully saturated rings. The van der Waals surface area contributed by atoms with Crippen LogP contribution in [0.1, 0.15) is 11.1 Å². The number of rotatable bonds is 4. The van der Waals surface area contributed by atoms with Gasteiger partial charge in [-0.05, 0) is 52.5 Å². The third-order valence-corrected chi connectivity index (χ3v) is 3.73. The summed E-state index contributed by atoms with van der Waals surface area (Å²) in [5, 5.41) is 0. The maximum absolute atomic E-state index is 13.8. The summed E-state index contributed by atoms with van der Waals surface area (Å²) in [6.45, 7) is 0. The average Bonchev–Trinajstić information content (AvgIpc) is 2.44. The summed E-state index contributed by atoms with van der Waals surface area (Å²) >= 11 is 2.97. The number of halogens is 5. The van der Waals surface area contributed by atoms with Crippen LogP contribution in [0.5, 0.6) is 0 Å². The highest BCUT2D eigenvalue weighted by atomic mass is 79.9. The molecule has 0 aliphatic heterocycles. The van der Waals surface area contributed by atoms with Gasteiger partial charge >= 0.3 is 0 Å². The molecule has 0 heterocycles. The lowest BCUT2D eigenvalue weighted by Gasteiger charge is -2.14. The molecule has 2 aromatic rings. The van der Waals surface area contributed by atoms with Gasteiger partial charge in [-0.15, -0.1) is 0 Å². The van der Waals surface area contributed by atoms with E-state index in [0.29, 0.717) is 0 Å². The maximum Gasteiger partial charge on any atom is 0.162 e. The van der Waals surface area contributed by atoms with Crippen LogP contribution < -0.4 is 5.73 Å². The summed E-state index contributed by atoms with van der Waals surface area (Å²) in [5.74, 6) is -3.40. The molecule has 0 saturated heterocycles. The lowest BCUT2D eigenvalue weighted by molar-refractivity contribution is 0.488. The largest absolute Gasteiger partial charge is 0.327 e. The molecule has 0 aromatic heterocycles. The molecule has 0 saturated carbocycles. The Kier molecular flexibility index (Phi) is 5.00. The lowest BCUT2D eigenvalue weighted by Crippen LogP contribution is -2.27. The minimum absolute atomic E-state index is 0.0189. The van der Waals surface area contributed by atoms with Crippen LogP contribution in [-0.2, 0) is 12.8 Å². The Hall–Kier alpha value is -1.40. The fourth-order valence-corrected chi connectivity index (χ4v) is 2.45. The molecule has 0 aliphatic rings. The van der Waals surface area contributed by atoms with Crippen molar-refractivity contribution in [2.24, 2.45) is 5.73 Å². The fraction of sp³-hybridized carbons (Fsp3) is 0.200. The Labute approximate surface area is 127 Å². The van der Waals surface area contributed by atoms with Gasteiger partial charge in [0.2, 0.25) is 0 Å². The van der Waals surface area contributed by atoms with Gasteiger partial charge in [-0.3, -0.25) is 0 Å². The summed E-state index contributed by atoms with van der Waals surface area (Å²) in [5.41, 5.74) is 5.72. The molecular formula is C15H12BrF4N. The topological polar surface area (TPSA) is 26.0 Å².